The van der Waals surface area contributed by atoms with E-state index in [0.29, 0.717) is 6.54 Å². The summed E-state index contributed by atoms with van der Waals surface area (Å²) in [4.78, 5) is 3.86. The minimum atomic E-state index is 0.327. The van der Waals surface area contributed by atoms with Crippen molar-refractivity contribution < 1.29 is 0 Å². The first kappa shape index (κ1) is 8.31. The Hall–Kier alpha value is -0.690. The van der Waals surface area contributed by atoms with Gasteiger partial charge in [-0.25, -0.2) is 0 Å². The van der Waals surface area contributed by atoms with E-state index < -0.39 is 0 Å². The average Bonchev–Trinajstić information content (AvgIpc) is 1.91. The summed E-state index contributed by atoms with van der Waals surface area (Å²) in [5, 5.41) is 11.8. The lowest BCUT2D eigenvalue weighted by Crippen LogP contribution is -2.19. The van der Waals surface area contributed by atoms with E-state index in [9.17, 15) is 0 Å². The van der Waals surface area contributed by atoms with Crippen LogP contribution in [0.5, 0.6) is 0 Å². The highest BCUT2D eigenvalue weighted by Crippen LogP contribution is 1.91. The Kier molecular flexibility index (Phi) is 5.03. The minimum Gasteiger partial charge on any atom is -0.352 e. The van der Waals surface area contributed by atoms with Crippen LogP contribution >= 0.6 is 11.8 Å². The highest BCUT2D eigenvalue weighted by atomic mass is 32.2. The van der Waals surface area contributed by atoms with E-state index in [2.05, 4.69) is 10.3 Å². The van der Waals surface area contributed by atoms with Gasteiger partial charge in [-0.3, -0.25) is 4.99 Å². The van der Waals surface area contributed by atoms with E-state index in [1.165, 1.54) is 11.8 Å². The maximum Gasteiger partial charge on any atom is 0.156 e. The van der Waals surface area contributed by atoms with Crippen LogP contribution in [-0.4, -0.2) is 25.0 Å². The van der Waals surface area contributed by atoms with Gasteiger partial charge >= 0.3 is 0 Å². The van der Waals surface area contributed by atoms with Crippen molar-refractivity contribution in [2.24, 2.45) is 4.99 Å². The molecule has 4 heteroatoms. The van der Waals surface area contributed by atoms with Gasteiger partial charge in [-0.15, -0.1) is 0 Å². The van der Waals surface area contributed by atoms with Gasteiger partial charge < -0.3 is 5.32 Å². The molecular formula is C5H9N3S. The number of hydrogen-bond acceptors (Lipinski definition) is 3. The van der Waals surface area contributed by atoms with Crippen LogP contribution in [0.1, 0.15) is 0 Å². The second-order valence-corrected chi connectivity index (χ2v) is 2.04. The molecule has 0 radical (unpaired) electrons. The fourth-order valence-electron chi connectivity index (χ4n) is 0.358. The molecule has 0 aromatic rings. The Morgan fingerprint density at radius 3 is 2.89 bits per heavy atom. The maximum atomic E-state index is 8.13. The van der Waals surface area contributed by atoms with Gasteiger partial charge in [0.05, 0.1) is 6.07 Å². The maximum absolute atomic E-state index is 8.13. The van der Waals surface area contributed by atoms with Gasteiger partial charge in [0, 0.05) is 7.05 Å². The third-order valence-electron chi connectivity index (χ3n) is 0.715. The lowest BCUT2D eigenvalue weighted by molar-refractivity contribution is 1.06. The van der Waals surface area contributed by atoms with Crippen molar-refractivity contribution in [3.05, 3.63) is 0 Å². The van der Waals surface area contributed by atoms with Crippen LogP contribution in [-0.2, 0) is 0 Å². The first-order chi connectivity index (χ1) is 4.35. The number of nitriles is 1. The molecule has 0 saturated carbocycles. The molecule has 50 valence electrons. The lowest BCUT2D eigenvalue weighted by atomic mass is 10.7. The zero-order chi connectivity index (χ0) is 7.11. The molecule has 0 saturated heterocycles. The fourth-order valence-corrected chi connectivity index (χ4v) is 0.757. The smallest absolute Gasteiger partial charge is 0.156 e. The van der Waals surface area contributed by atoms with E-state index in [-0.39, 0.29) is 0 Å². The summed E-state index contributed by atoms with van der Waals surface area (Å²) in [5.74, 6) is 0. The zero-order valence-corrected chi connectivity index (χ0v) is 6.33. The molecule has 0 aliphatic carbocycles. The Morgan fingerprint density at radius 2 is 2.56 bits per heavy atom. The van der Waals surface area contributed by atoms with Gasteiger partial charge in [-0.1, -0.05) is 11.8 Å². The molecule has 0 bridgehead atoms. The largest absolute Gasteiger partial charge is 0.352 e. The van der Waals surface area contributed by atoms with Crippen LogP contribution in [0, 0.1) is 11.3 Å². The summed E-state index contributed by atoms with van der Waals surface area (Å²) in [7, 11) is 1.69. The van der Waals surface area contributed by atoms with Crippen molar-refractivity contribution >= 4 is 16.9 Å². The second-order valence-electron chi connectivity index (χ2n) is 1.24. The van der Waals surface area contributed by atoms with Gasteiger partial charge in [-0.2, -0.15) is 5.26 Å². The molecule has 0 aliphatic heterocycles. The standard InChI is InChI=1S/C5H9N3S/c1-7-5(9-2)8-4-3-6/h4H2,1-2H3,(H,7,8). The van der Waals surface area contributed by atoms with Crippen molar-refractivity contribution in [3.63, 3.8) is 0 Å². The van der Waals surface area contributed by atoms with E-state index in [1.807, 2.05) is 12.3 Å². The summed E-state index contributed by atoms with van der Waals surface area (Å²) >= 11 is 1.50. The Morgan fingerprint density at radius 1 is 1.89 bits per heavy atom. The number of nitrogens with one attached hydrogen (secondary N) is 1. The van der Waals surface area contributed by atoms with Crippen molar-refractivity contribution in [1.82, 2.24) is 5.32 Å². The number of rotatable bonds is 1. The SMILES string of the molecule is CN=C(NCC#N)SC. The van der Waals surface area contributed by atoms with Gasteiger partial charge in [0.15, 0.2) is 5.17 Å². The normalized spacial score (nSPS) is 10.6. The molecule has 0 atom stereocenters. The number of aliphatic imine (C=N–C) groups is 1. The van der Waals surface area contributed by atoms with Gasteiger partial charge in [-0.05, 0) is 6.26 Å². The van der Waals surface area contributed by atoms with Crippen LogP contribution in [0.25, 0.3) is 0 Å². The van der Waals surface area contributed by atoms with E-state index in [0.717, 1.165) is 5.17 Å². The highest BCUT2D eigenvalue weighted by Gasteiger charge is 1.89. The Balaban J connectivity index is 3.48. The van der Waals surface area contributed by atoms with Crippen molar-refractivity contribution in [3.8, 4) is 6.07 Å². The second kappa shape index (κ2) is 5.45. The minimum absolute atomic E-state index is 0.327. The molecule has 0 fully saturated rings. The van der Waals surface area contributed by atoms with E-state index in [4.69, 9.17) is 5.26 Å². The first-order valence-electron chi connectivity index (χ1n) is 2.46. The number of nitrogens with zero attached hydrogens (tertiary/aromatic N) is 2. The van der Waals surface area contributed by atoms with Crippen LogP contribution in [0.3, 0.4) is 0 Å². The third-order valence-corrected chi connectivity index (χ3v) is 1.43. The van der Waals surface area contributed by atoms with Gasteiger partial charge in [0.1, 0.15) is 6.54 Å². The van der Waals surface area contributed by atoms with Crippen LogP contribution < -0.4 is 5.32 Å². The van der Waals surface area contributed by atoms with Gasteiger partial charge in [0.25, 0.3) is 0 Å². The lowest BCUT2D eigenvalue weighted by Gasteiger charge is -1.98. The summed E-state index contributed by atoms with van der Waals surface area (Å²) in [6.07, 6.45) is 1.91. The summed E-state index contributed by atoms with van der Waals surface area (Å²) in [5.41, 5.74) is 0. The molecule has 0 amide bonds. The van der Waals surface area contributed by atoms with Crippen molar-refractivity contribution in [2.45, 2.75) is 0 Å². The van der Waals surface area contributed by atoms with Crippen LogP contribution in [0.4, 0.5) is 0 Å². The third kappa shape index (κ3) is 3.86. The molecule has 0 unspecified atom stereocenters. The fraction of sp³-hybridized carbons (Fsp3) is 0.600. The highest BCUT2D eigenvalue weighted by molar-refractivity contribution is 8.13. The van der Waals surface area contributed by atoms with Crippen molar-refractivity contribution in [1.29, 1.82) is 5.26 Å². The molecule has 3 nitrogen and oxygen atoms in total. The number of hydrogen-bond donors (Lipinski definition) is 1. The first-order valence-corrected chi connectivity index (χ1v) is 3.69. The molecule has 0 aromatic carbocycles. The predicted octanol–water partition coefficient (Wildman–Crippen LogP) is 0.448. The van der Waals surface area contributed by atoms with Crippen LogP contribution in [0.2, 0.25) is 0 Å². The molecule has 1 N–H and O–H groups in total. The molecule has 0 aliphatic rings. The topological polar surface area (TPSA) is 48.2 Å². The Labute approximate surface area is 59.2 Å². The quantitative estimate of drug-likeness (QED) is 0.329. The van der Waals surface area contributed by atoms with Crippen molar-refractivity contribution in [2.75, 3.05) is 19.8 Å². The molecule has 0 heterocycles. The van der Waals surface area contributed by atoms with Gasteiger partial charge in [0.2, 0.25) is 0 Å². The molecule has 0 spiro atoms. The number of amidine groups is 1. The summed E-state index contributed by atoms with van der Waals surface area (Å²) in [6.45, 7) is 0.327. The molecule has 0 aromatic heterocycles. The van der Waals surface area contributed by atoms with E-state index >= 15 is 0 Å². The zero-order valence-electron chi connectivity index (χ0n) is 5.51. The molecule has 0 rings (SSSR count). The monoisotopic (exact) mass is 143 g/mol. The summed E-state index contributed by atoms with van der Waals surface area (Å²) < 4.78 is 0. The predicted molar refractivity (Wildman–Crippen MR) is 40.5 cm³/mol. The number of thioether (sulfide) groups is 1. The average molecular weight is 143 g/mol. The molecular weight excluding hydrogens is 134 g/mol. The Bertz CT molecular complexity index is 136. The summed E-state index contributed by atoms with van der Waals surface area (Å²) in [6, 6.07) is 1.96. The molecule has 9 heavy (non-hydrogen) atoms. The van der Waals surface area contributed by atoms with E-state index in [1.54, 1.807) is 7.05 Å². The van der Waals surface area contributed by atoms with Crippen LogP contribution in [0.15, 0.2) is 4.99 Å².